The Kier molecular flexibility index (Phi) is 4.58. The number of alkyl halides is 3. The lowest BCUT2D eigenvalue weighted by atomic mass is 10.4. The molecule has 0 bridgehead atoms. The SMILES string of the molecule is O=S(=O)(O)C(F)(F)F.c1ccccc1. The van der Waals surface area contributed by atoms with E-state index in [0.717, 1.165) is 0 Å². The lowest BCUT2D eigenvalue weighted by molar-refractivity contribution is -0.0510. The van der Waals surface area contributed by atoms with Crippen LogP contribution in [0.3, 0.4) is 0 Å². The van der Waals surface area contributed by atoms with Gasteiger partial charge in [0.25, 0.3) is 0 Å². The van der Waals surface area contributed by atoms with Crippen molar-refractivity contribution in [3.8, 4) is 0 Å². The standard InChI is InChI=1S/C6H6.CHF3O3S/c1-2-4-6-5-3-1;2-1(3,4)8(5,6)7/h1-6H;(H,5,6,7). The molecule has 0 heterocycles. The molecule has 0 aliphatic carbocycles. The first-order chi connectivity index (χ1) is 6.25. The Hall–Kier alpha value is -1.08. The average molecular weight is 228 g/mol. The van der Waals surface area contributed by atoms with Gasteiger partial charge in [0.2, 0.25) is 0 Å². The summed E-state index contributed by atoms with van der Waals surface area (Å²) in [5, 5.41) is 0. The van der Waals surface area contributed by atoms with E-state index in [1.165, 1.54) is 0 Å². The normalized spacial score (nSPS) is 11.4. The van der Waals surface area contributed by atoms with Gasteiger partial charge in [-0.05, 0) is 0 Å². The molecule has 0 spiro atoms. The molecule has 0 aromatic heterocycles. The largest absolute Gasteiger partial charge is 0.522 e. The van der Waals surface area contributed by atoms with E-state index in [4.69, 9.17) is 13.0 Å². The Balaban J connectivity index is 0.000000249. The van der Waals surface area contributed by atoms with Gasteiger partial charge in [0.1, 0.15) is 0 Å². The van der Waals surface area contributed by atoms with Crippen molar-refractivity contribution in [1.82, 2.24) is 0 Å². The van der Waals surface area contributed by atoms with Crippen LogP contribution in [0.4, 0.5) is 13.2 Å². The molecule has 0 atom stereocenters. The maximum Gasteiger partial charge on any atom is 0.522 e. The Bertz CT molecular complexity index is 317. The quantitative estimate of drug-likeness (QED) is 0.546. The number of halogens is 3. The zero-order valence-electron chi connectivity index (χ0n) is 6.77. The van der Waals surface area contributed by atoms with Crippen LogP contribution in [0.25, 0.3) is 0 Å². The smallest absolute Gasteiger partial charge is 0.279 e. The maximum atomic E-state index is 10.7. The van der Waals surface area contributed by atoms with Gasteiger partial charge in [-0.3, -0.25) is 4.55 Å². The first kappa shape index (κ1) is 12.9. The molecule has 80 valence electrons. The van der Waals surface area contributed by atoms with E-state index in [-0.39, 0.29) is 0 Å². The predicted octanol–water partition coefficient (Wildman–Crippen LogP) is 2.08. The summed E-state index contributed by atoms with van der Waals surface area (Å²) in [5.41, 5.74) is -5.53. The summed E-state index contributed by atoms with van der Waals surface area (Å²) >= 11 is 0. The molecular formula is C7H7F3O3S. The van der Waals surface area contributed by atoms with Crippen molar-refractivity contribution in [2.45, 2.75) is 5.51 Å². The highest BCUT2D eigenvalue weighted by molar-refractivity contribution is 7.86. The van der Waals surface area contributed by atoms with Gasteiger partial charge < -0.3 is 0 Å². The van der Waals surface area contributed by atoms with Crippen molar-refractivity contribution < 1.29 is 26.1 Å². The summed E-state index contributed by atoms with van der Waals surface area (Å²) in [7, 11) is -5.84. The summed E-state index contributed by atoms with van der Waals surface area (Å²) in [6.07, 6.45) is 0. The van der Waals surface area contributed by atoms with Crippen molar-refractivity contribution in [2.24, 2.45) is 0 Å². The summed E-state index contributed by atoms with van der Waals surface area (Å²) in [6, 6.07) is 12.0. The molecule has 0 saturated heterocycles. The molecule has 1 aromatic rings. The van der Waals surface area contributed by atoms with Crippen molar-refractivity contribution in [3.05, 3.63) is 36.4 Å². The molecule has 7 heteroatoms. The molecule has 0 amide bonds. The lowest BCUT2D eigenvalue weighted by Gasteiger charge is -1.97. The minimum atomic E-state index is -5.84. The first-order valence-electron chi connectivity index (χ1n) is 3.29. The van der Waals surface area contributed by atoms with Gasteiger partial charge in [-0.1, -0.05) is 36.4 Å². The van der Waals surface area contributed by atoms with E-state index in [2.05, 4.69) is 0 Å². The average Bonchev–Trinajstić information content (AvgIpc) is 2.05. The third kappa shape index (κ3) is 5.55. The highest BCUT2D eigenvalue weighted by Gasteiger charge is 2.44. The predicted molar refractivity (Wildman–Crippen MR) is 44.0 cm³/mol. The van der Waals surface area contributed by atoms with Gasteiger partial charge in [-0.25, -0.2) is 0 Å². The minimum absolute atomic E-state index is 2.00. The molecule has 0 aliphatic rings. The number of hydrogen-bond acceptors (Lipinski definition) is 2. The topological polar surface area (TPSA) is 54.4 Å². The molecule has 1 rings (SSSR count). The van der Waals surface area contributed by atoms with Crippen LogP contribution in [0.5, 0.6) is 0 Å². The van der Waals surface area contributed by atoms with Crippen LogP contribution in [0.2, 0.25) is 0 Å². The van der Waals surface area contributed by atoms with Crippen molar-refractivity contribution in [1.29, 1.82) is 0 Å². The number of rotatable bonds is 0. The van der Waals surface area contributed by atoms with Crippen molar-refractivity contribution in [3.63, 3.8) is 0 Å². The van der Waals surface area contributed by atoms with Crippen LogP contribution in [0.1, 0.15) is 0 Å². The molecule has 1 N–H and O–H groups in total. The Labute approximate surface area is 78.9 Å². The highest BCUT2D eigenvalue weighted by Crippen LogP contribution is 2.20. The zero-order valence-corrected chi connectivity index (χ0v) is 7.59. The van der Waals surface area contributed by atoms with E-state index in [9.17, 15) is 13.2 Å². The Morgan fingerprint density at radius 3 is 1.07 bits per heavy atom. The summed E-state index contributed by atoms with van der Waals surface area (Å²) < 4.78 is 57.5. The van der Waals surface area contributed by atoms with E-state index < -0.39 is 15.6 Å². The van der Waals surface area contributed by atoms with Gasteiger partial charge in [-0.2, -0.15) is 21.6 Å². The van der Waals surface area contributed by atoms with Crippen LogP contribution < -0.4 is 0 Å². The lowest BCUT2D eigenvalue weighted by Crippen LogP contribution is -2.21. The van der Waals surface area contributed by atoms with E-state index in [1.54, 1.807) is 0 Å². The molecule has 0 saturated carbocycles. The van der Waals surface area contributed by atoms with Crippen LogP contribution in [0.15, 0.2) is 36.4 Å². The van der Waals surface area contributed by atoms with Crippen LogP contribution in [0, 0.1) is 0 Å². The minimum Gasteiger partial charge on any atom is -0.279 e. The molecule has 0 aliphatic heterocycles. The summed E-state index contributed by atoms with van der Waals surface area (Å²) in [4.78, 5) is 0. The molecule has 3 nitrogen and oxygen atoms in total. The second-order valence-electron chi connectivity index (χ2n) is 2.08. The molecule has 1 aromatic carbocycles. The maximum absolute atomic E-state index is 10.7. The van der Waals surface area contributed by atoms with Crippen LogP contribution in [-0.4, -0.2) is 18.5 Å². The molecule has 0 fully saturated rings. The first-order valence-corrected chi connectivity index (χ1v) is 4.73. The van der Waals surface area contributed by atoms with Gasteiger partial charge in [0, 0.05) is 0 Å². The zero-order chi connectivity index (χ0) is 11.2. The Morgan fingerprint density at radius 2 is 1.00 bits per heavy atom. The second kappa shape index (κ2) is 4.97. The number of benzene rings is 1. The van der Waals surface area contributed by atoms with Gasteiger partial charge in [0.05, 0.1) is 0 Å². The Morgan fingerprint density at radius 1 is 0.857 bits per heavy atom. The summed E-state index contributed by atoms with van der Waals surface area (Å²) in [6.45, 7) is 0. The highest BCUT2D eigenvalue weighted by atomic mass is 32.2. The van der Waals surface area contributed by atoms with E-state index >= 15 is 0 Å². The van der Waals surface area contributed by atoms with Gasteiger partial charge in [0.15, 0.2) is 0 Å². The van der Waals surface area contributed by atoms with Gasteiger partial charge >= 0.3 is 15.6 Å². The fraction of sp³-hybridized carbons (Fsp3) is 0.143. The summed E-state index contributed by atoms with van der Waals surface area (Å²) in [5.74, 6) is 0. The second-order valence-corrected chi connectivity index (χ2v) is 3.49. The fourth-order valence-electron chi connectivity index (χ4n) is 0.385. The van der Waals surface area contributed by atoms with E-state index in [1.807, 2.05) is 36.4 Å². The monoisotopic (exact) mass is 228 g/mol. The molecular weight excluding hydrogens is 221 g/mol. The molecule has 0 radical (unpaired) electrons. The third-order valence-corrected chi connectivity index (χ3v) is 1.54. The number of hydrogen-bond donors (Lipinski definition) is 1. The van der Waals surface area contributed by atoms with E-state index in [0.29, 0.717) is 0 Å². The fourth-order valence-corrected chi connectivity index (χ4v) is 0.385. The van der Waals surface area contributed by atoms with Gasteiger partial charge in [-0.15, -0.1) is 0 Å². The van der Waals surface area contributed by atoms with Crippen LogP contribution in [-0.2, 0) is 10.1 Å². The third-order valence-electron chi connectivity index (χ3n) is 0.959. The molecule has 0 unspecified atom stereocenters. The van der Waals surface area contributed by atoms with Crippen molar-refractivity contribution in [2.75, 3.05) is 0 Å². The van der Waals surface area contributed by atoms with Crippen LogP contribution >= 0.6 is 0 Å². The molecule has 14 heavy (non-hydrogen) atoms. The van der Waals surface area contributed by atoms with Crippen molar-refractivity contribution >= 4 is 10.1 Å².